The van der Waals surface area contributed by atoms with Crippen molar-refractivity contribution >= 4 is 93.6 Å². The number of methoxy groups -OCH3 is 2. The molecule has 0 spiro atoms. The zero-order valence-electron chi connectivity index (χ0n) is 28.1. The molecule has 0 aromatic heterocycles. The van der Waals surface area contributed by atoms with Crippen molar-refractivity contribution in [3.63, 3.8) is 0 Å². The highest BCUT2D eigenvalue weighted by molar-refractivity contribution is 8.04. The van der Waals surface area contributed by atoms with Gasteiger partial charge in [0.15, 0.2) is 21.7 Å². The van der Waals surface area contributed by atoms with E-state index in [9.17, 15) is 30.4 Å². The van der Waals surface area contributed by atoms with Crippen molar-refractivity contribution in [3.05, 3.63) is 54.6 Å². The average molecular weight is 882 g/mol. The molecule has 0 fully saturated rings. The number of phenolic OH excluding ortho intramolecular Hbond substituents is 1. The Morgan fingerprint density at radius 3 is 2.11 bits per heavy atom. The maximum Gasteiger partial charge on any atom is 0.433 e. The van der Waals surface area contributed by atoms with E-state index >= 15 is 0 Å². The monoisotopic (exact) mass is 881 g/mol. The Hall–Kier alpha value is -4.87. The van der Waals surface area contributed by atoms with Crippen LogP contribution in [0.5, 0.6) is 17.2 Å². The Morgan fingerprint density at radius 2 is 1.48 bits per heavy atom. The summed E-state index contributed by atoms with van der Waals surface area (Å²) in [6.07, 6.45) is 1.90. The van der Waals surface area contributed by atoms with Crippen molar-refractivity contribution in [3.8, 4) is 28.6 Å². The molecule has 4 aromatic rings. The number of azo groups is 2. The van der Waals surface area contributed by atoms with Crippen LogP contribution in [0.15, 0.2) is 89.7 Å². The van der Waals surface area contributed by atoms with Gasteiger partial charge in [-0.3, -0.25) is 14.0 Å². The van der Waals surface area contributed by atoms with Crippen LogP contribution in [0, 0.1) is 11.4 Å². The lowest BCUT2D eigenvalue weighted by atomic mass is 10.1. The number of nitrogen functional groups attached to an aromatic ring is 1. The molecule has 0 atom stereocenters. The summed E-state index contributed by atoms with van der Waals surface area (Å²) in [5.74, 6) is -0.848. The molecule has 4 aromatic carbocycles. The first kappa shape index (κ1) is 45.5. The lowest BCUT2D eigenvalue weighted by Gasteiger charge is -2.12. The third-order valence-corrected chi connectivity index (χ3v) is 10.3. The van der Waals surface area contributed by atoms with E-state index < -0.39 is 48.7 Å². The minimum Gasteiger partial charge on any atom is -0.505 e. The van der Waals surface area contributed by atoms with Crippen LogP contribution in [-0.2, 0) is 53.4 Å². The SMILES string of the molecule is COc1cc(SC#COOS(=O)(=O)O)c(OC)cc1N=Nc1c(SOOO)cc2c(N=Nc3ccc(S(=O)(=O)CCOS(=O)(=O)O)cc3)c(N)ccc2c1O.O. The number of hydrogen-bond donors (Lipinski definition) is 5. The number of sulfone groups is 1. The number of anilines is 1. The number of aromatic hydroxyl groups is 1. The molecule has 0 radical (unpaired) electrons. The third-order valence-electron chi connectivity index (χ3n) is 6.52. The molecule has 28 heteroatoms. The van der Waals surface area contributed by atoms with Gasteiger partial charge in [0.05, 0.1) is 64.7 Å². The normalized spacial score (nSPS) is 12.0. The number of rotatable bonds is 17. The van der Waals surface area contributed by atoms with Gasteiger partial charge in [-0.05, 0) is 58.6 Å². The van der Waals surface area contributed by atoms with Crippen LogP contribution in [0.3, 0.4) is 0 Å². The zero-order chi connectivity index (χ0) is 40.4. The van der Waals surface area contributed by atoms with Gasteiger partial charge in [0.2, 0.25) is 0 Å². The minimum absolute atomic E-state index is 0. The number of nitrogens with two attached hydrogens (primary N) is 1. The largest absolute Gasteiger partial charge is 0.505 e. The van der Waals surface area contributed by atoms with Crippen molar-refractivity contribution in [1.82, 2.24) is 0 Å². The first-order valence-corrected chi connectivity index (χ1v) is 20.2. The lowest BCUT2D eigenvalue weighted by molar-refractivity contribution is -0.432. The molecule has 4 rings (SSSR count). The van der Waals surface area contributed by atoms with Crippen LogP contribution in [0.25, 0.3) is 10.8 Å². The van der Waals surface area contributed by atoms with E-state index in [2.05, 4.69) is 48.5 Å². The zero-order valence-corrected chi connectivity index (χ0v) is 32.2. The fraction of sp³-hybridized carbons (Fsp3) is 0.143. The Morgan fingerprint density at radius 1 is 0.804 bits per heavy atom. The molecule has 302 valence electrons. The summed E-state index contributed by atoms with van der Waals surface area (Å²) in [5, 5.41) is 43.4. The van der Waals surface area contributed by atoms with E-state index in [0.717, 1.165) is 11.8 Å². The Kier molecular flexibility index (Phi) is 16.1. The maximum absolute atomic E-state index is 12.5. The molecular weight excluding hydrogens is 855 g/mol. The summed E-state index contributed by atoms with van der Waals surface area (Å²) in [6, 6.07) is 12.2. The second-order valence-electron chi connectivity index (χ2n) is 9.92. The van der Waals surface area contributed by atoms with Crippen LogP contribution in [0.2, 0.25) is 0 Å². The van der Waals surface area contributed by atoms with Gasteiger partial charge in [0, 0.05) is 28.2 Å². The molecule has 0 aliphatic heterocycles. The Labute approximate surface area is 325 Å². The van der Waals surface area contributed by atoms with Gasteiger partial charge in [-0.25, -0.2) is 17.9 Å². The first-order chi connectivity index (χ1) is 26.0. The number of ether oxygens (including phenoxy) is 2. The number of phenols is 1. The molecule has 8 N–H and O–H groups in total. The highest BCUT2D eigenvalue weighted by atomic mass is 32.3. The van der Waals surface area contributed by atoms with Crippen LogP contribution >= 0.6 is 23.8 Å². The number of hydrogen-bond acceptors (Lipinski definition) is 22. The standard InChI is InChI=1S/C28H25N5O17S5.H2O/c1-44-22-15-24(51-11-9-46-50-55(41,42)43)23(45-2)14-21(22)31-33-27-25(52-49-48-35)13-19-18(28(27)34)7-8-20(29)26(19)32-30-16-3-5-17(6-4-16)53(36,37)12-10-47-54(38,39)40;/h3-8,13-15,34-35H,10,12,29H2,1-2H3,(H,38,39,40)(H,41,42,43);1H2. The van der Waals surface area contributed by atoms with Gasteiger partial charge in [0.25, 0.3) is 0 Å². The smallest absolute Gasteiger partial charge is 0.433 e. The van der Waals surface area contributed by atoms with Gasteiger partial charge >= 0.3 is 20.8 Å². The molecule has 0 heterocycles. The van der Waals surface area contributed by atoms with E-state index in [1.54, 1.807) is 0 Å². The highest BCUT2D eigenvalue weighted by Gasteiger charge is 2.20. The topological polar surface area (TPSA) is 355 Å². The van der Waals surface area contributed by atoms with Gasteiger partial charge < -0.3 is 25.8 Å². The van der Waals surface area contributed by atoms with Crippen molar-refractivity contribution in [1.29, 1.82) is 0 Å². The van der Waals surface area contributed by atoms with Crippen LogP contribution < -0.4 is 15.2 Å². The van der Waals surface area contributed by atoms with Gasteiger partial charge in [0.1, 0.15) is 28.6 Å². The number of fused-ring (bicyclic) bond motifs is 1. The fourth-order valence-electron chi connectivity index (χ4n) is 4.21. The van der Waals surface area contributed by atoms with E-state index in [-0.39, 0.29) is 66.0 Å². The second-order valence-corrected chi connectivity index (χ2v) is 15.7. The van der Waals surface area contributed by atoms with Gasteiger partial charge in [-0.15, -0.1) is 19.7 Å². The van der Waals surface area contributed by atoms with Gasteiger partial charge in [-0.2, -0.15) is 21.9 Å². The van der Waals surface area contributed by atoms with Crippen LogP contribution in [-0.4, -0.2) is 76.8 Å². The minimum atomic E-state index is -4.88. The van der Waals surface area contributed by atoms with Crippen LogP contribution in [0.4, 0.5) is 28.4 Å². The lowest BCUT2D eigenvalue weighted by Crippen LogP contribution is -2.15. The summed E-state index contributed by atoms with van der Waals surface area (Å²) in [5.41, 5.74) is 6.45. The highest BCUT2D eigenvalue weighted by Crippen LogP contribution is 2.48. The van der Waals surface area contributed by atoms with Gasteiger partial charge in [-0.1, -0.05) is 5.04 Å². The van der Waals surface area contributed by atoms with Crippen molar-refractivity contribution in [2.45, 2.75) is 14.7 Å². The van der Waals surface area contributed by atoms with Crippen molar-refractivity contribution in [2.75, 3.05) is 32.3 Å². The molecule has 0 amide bonds. The summed E-state index contributed by atoms with van der Waals surface area (Å²) >= 11 is 1.23. The average Bonchev–Trinajstić information content (AvgIpc) is 3.12. The molecule has 23 nitrogen and oxygen atoms in total. The summed E-state index contributed by atoms with van der Waals surface area (Å²) < 4.78 is 108. The molecule has 0 aliphatic rings. The van der Waals surface area contributed by atoms with E-state index in [1.807, 2.05) is 6.11 Å². The fourth-order valence-corrected chi connectivity index (χ4v) is 6.90. The van der Waals surface area contributed by atoms with E-state index in [4.69, 9.17) is 29.6 Å². The quantitative estimate of drug-likeness (QED) is 0.0137. The third kappa shape index (κ3) is 12.6. The molecular formula is C28H27N5O18S5. The number of nitrogens with zero attached hydrogens (tertiary/aromatic N) is 4. The van der Waals surface area contributed by atoms with E-state index in [0.29, 0.717) is 16.9 Å². The Bertz CT molecular complexity index is 2510. The molecule has 0 aliphatic carbocycles. The first-order valence-electron chi connectivity index (χ1n) is 14.2. The van der Waals surface area contributed by atoms with E-state index in [1.165, 1.54) is 68.8 Å². The molecule has 0 saturated carbocycles. The maximum atomic E-state index is 12.5. The molecule has 0 unspecified atom stereocenters. The predicted molar refractivity (Wildman–Crippen MR) is 196 cm³/mol. The molecule has 0 saturated heterocycles. The summed E-state index contributed by atoms with van der Waals surface area (Å²) in [7, 11) is -11.0. The summed E-state index contributed by atoms with van der Waals surface area (Å²) in [6.45, 7) is -0.805. The molecule has 56 heavy (non-hydrogen) atoms. The summed E-state index contributed by atoms with van der Waals surface area (Å²) in [4.78, 5) is 4.26. The van der Waals surface area contributed by atoms with Crippen LogP contribution in [0.1, 0.15) is 0 Å². The second kappa shape index (κ2) is 19.8. The Balaban J connectivity index is 0.00000841. The van der Waals surface area contributed by atoms with Crippen molar-refractivity contribution in [2.24, 2.45) is 20.5 Å². The van der Waals surface area contributed by atoms with Crippen molar-refractivity contribution < 1.29 is 82.4 Å². The number of thioether (sulfide) groups is 1. The number of benzene rings is 4. The molecule has 0 bridgehead atoms. The predicted octanol–water partition coefficient (Wildman–Crippen LogP) is 4.93.